The van der Waals surface area contributed by atoms with Crippen LogP contribution in [0, 0.1) is 18.3 Å². The number of nitrogens with zero attached hydrogens (tertiary/aromatic N) is 3. The van der Waals surface area contributed by atoms with Crippen LogP contribution in [0.3, 0.4) is 0 Å². The second-order valence-corrected chi connectivity index (χ2v) is 5.57. The van der Waals surface area contributed by atoms with E-state index in [1.54, 1.807) is 4.90 Å². The zero-order chi connectivity index (χ0) is 14.2. The maximum atomic E-state index is 12.3. The lowest BCUT2D eigenvalue weighted by atomic mass is 9.95. The summed E-state index contributed by atoms with van der Waals surface area (Å²) in [5.41, 5.74) is 1.91. The average Bonchev–Trinajstić information content (AvgIpc) is 2.37. The highest BCUT2D eigenvalue weighted by Crippen LogP contribution is 2.31. The minimum absolute atomic E-state index is 0.0863. The number of amides is 1. The molecular formula is C15H19N3O. The molecule has 0 atom stereocenters. The van der Waals surface area contributed by atoms with Gasteiger partial charge in [0.15, 0.2) is 0 Å². The first-order valence-corrected chi connectivity index (χ1v) is 6.42. The summed E-state index contributed by atoms with van der Waals surface area (Å²) in [5, 5.41) is 9.29. The molecule has 1 aliphatic rings. The SMILES string of the molecule is Cc1ccc(N2CCN(C)C(=O)C2(C)C)c(C#N)c1. The van der Waals surface area contributed by atoms with Crippen LogP contribution in [0.25, 0.3) is 0 Å². The first-order chi connectivity index (χ1) is 8.87. The predicted octanol–water partition coefficient (Wildman–Crippen LogP) is 1.92. The number of aryl methyl sites for hydroxylation is 1. The van der Waals surface area contributed by atoms with Gasteiger partial charge in [0.2, 0.25) is 5.91 Å². The highest BCUT2D eigenvalue weighted by atomic mass is 16.2. The van der Waals surface area contributed by atoms with Gasteiger partial charge in [0, 0.05) is 20.1 Å². The van der Waals surface area contributed by atoms with E-state index in [1.807, 2.05) is 50.9 Å². The number of carbonyl (C=O) groups excluding carboxylic acids is 1. The molecule has 0 radical (unpaired) electrons. The third-order valence-electron chi connectivity index (χ3n) is 3.77. The summed E-state index contributed by atoms with van der Waals surface area (Å²) in [6.07, 6.45) is 0. The third-order valence-corrected chi connectivity index (χ3v) is 3.77. The van der Waals surface area contributed by atoms with Crippen LogP contribution in [-0.4, -0.2) is 36.5 Å². The molecule has 1 fully saturated rings. The molecule has 100 valence electrons. The van der Waals surface area contributed by atoms with Gasteiger partial charge in [-0.2, -0.15) is 5.26 Å². The molecule has 4 nitrogen and oxygen atoms in total. The molecule has 0 aromatic heterocycles. The molecule has 1 aromatic rings. The summed E-state index contributed by atoms with van der Waals surface area (Å²) in [6, 6.07) is 8.02. The first-order valence-electron chi connectivity index (χ1n) is 6.42. The summed E-state index contributed by atoms with van der Waals surface area (Å²) in [4.78, 5) is 16.1. The standard InChI is InChI=1S/C15H19N3O/c1-11-5-6-13(12(9-11)10-16)18-8-7-17(4)14(19)15(18,2)3/h5-6,9H,7-8H2,1-4H3. The highest BCUT2D eigenvalue weighted by molar-refractivity contribution is 5.90. The van der Waals surface area contributed by atoms with E-state index < -0.39 is 5.54 Å². The number of rotatable bonds is 1. The van der Waals surface area contributed by atoms with E-state index in [-0.39, 0.29) is 5.91 Å². The average molecular weight is 257 g/mol. The van der Waals surface area contributed by atoms with Crippen molar-refractivity contribution in [1.29, 1.82) is 5.26 Å². The number of hydrogen-bond donors (Lipinski definition) is 0. The Labute approximate surface area is 114 Å². The fourth-order valence-electron chi connectivity index (χ4n) is 2.61. The summed E-state index contributed by atoms with van der Waals surface area (Å²) in [7, 11) is 1.82. The van der Waals surface area contributed by atoms with Crippen LogP contribution >= 0.6 is 0 Å². The molecule has 1 heterocycles. The first kappa shape index (κ1) is 13.4. The van der Waals surface area contributed by atoms with E-state index in [1.165, 1.54) is 0 Å². The predicted molar refractivity (Wildman–Crippen MR) is 75.0 cm³/mol. The number of likely N-dealkylation sites (N-methyl/N-ethyl adjacent to an activating group) is 1. The molecule has 1 saturated heterocycles. The molecule has 2 rings (SSSR count). The second kappa shape index (κ2) is 4.58. The lowest BCUT2D eigenvalue weighted by molar-refractivity contribution is -0.136. The van der Waals surface area contributed by atoms with Crippen molar-refractivity contribution < 1.29 is 4.79 Å². The van der Waals surface area contributed by atoms with Crippen molar-refractivity contribution in [3.8, 4) is 6.07 Å². The summed E-state index contributed by atoms with van der Waals surface area (Å²) in [5.74, 6) is 0.0863. The van der Waals surface area contributed by atoms with E-state index >= 15 is 0 Å². The van der Waals surface area contributed by atoms with Crippen molar-refractivity contribution in [1.82, 2.24) is 4.90 Å². The molecule has 1 aromatic carbocycles. The minimum atomic E-state index is -0.617. The van der Waals surface area contributed by atoms with Crippen molar-refractivity contribution in [2.24, 2.45) is 0 Å². The maximum absolute atomic E-state index is 12.3. The second-order valence-electron chi connectivity index (χ2n) is 5.57. The van der Waals surface area contributed by atoms with Crippen molar-refractivity contribution in [3.05, 3.63) is 29.3 Å². The van der Waals surface area contributed by atoms with Crippen LogP contribution < -0.4 is 4.90 Å². The van der Waals surface area contributed by atoms with Crippen LogP contribution in [-0.2, 0) is 4.79 Å². The number of anilines is 1. The molecule has 4 heteroatoms. The van der Waals surface area contributed by atoms with Gasteiger partial charge in [-0.15, -0.1) is 0 Å². The van der Waals surface area contributed by atoms with E-state index in [0.29, 0.717) is 12.1 Å². The Morgan fingerprint density at radius 3 is 2.63 bits per heavy atom. The van der Waals surface area contributed by atoms with Crippen LogP contribution in [0.2, 0.25) is 0 Å². The van der Waals surface area contributed by atoms with Gasteiger partial charge in [0.1, 0.15) is 11.6 Å². The van der Waals surface area contributed by atoms with E-state index in [4.69, 9.17) is 0 Å². The number of carbonyl (C=O) groups is 1. The van der Waals surface area contributed by atoms with Crippen molar-refractivity contribution >= 4 is 11.6 Å². The Morgan fingerprint density at radius 2 is 2.00 bits per heavy atom. The van der Waals surface area contributed by atoms with Gasteiger partial charge in [0.05, 0.1) is 11.3 Å². The third kappa shape index (κ3) is 2.17. The quantitative estimate of drug-likeness (QED) is 0.772. The smallest absolute Gasteiger partial charge is 0.247 e. The van der Waals surface area contributed by atoms with Crippen LogP contribution in [0.15, 0.2) is 18.2 Å². The molecule has 0 unspecified atom stereocenters. The Balaban J connectivity index is 2.48. The molecule has 1 amide bonds. The lowest BCUT2D eigenvalue weighted by Crippen LogP contribution is -2.62. The Bertz CT molecular complexity index is 557. The fourth-order valence-corrected chi connectivity index (χ4v) is 2.61. The minimum Gasteiger partial charge on any atom is -0.355 e. The van der Waals surface area contributed by atoms with E-state index in [2.05, 4.69) is 6.07 Å². The normalized spacial score (nSPS) is 18.4. The zero-order valence-corrected chi connectivity index (χ0v) is 11.9. The summed E-state index contributed by atoms with van der Waals surface area (Å²) >= 11 is 0. The topological polar surface area (TPSA) is 47.3 Å². The number of hydrogen-bond acceptors (Lipinski definition) is 3. The van der Waals surface area contributed by atoms with E-state index in [9.17, 15) is 10.1 Å². The van der Waals surface area contributed by atoms with Crippen LogP contribution in [0.1, 0.15) is 25.0 Å². The van der Waals surface area contributed by atoms with Crippen molar-refractivity contribution in [2.75, 3.05) is 25.0 Å². The number of piperazine rings is 1. The van der Waals surface area contributed by atoms with Gasteiger partial charge >= 0.3 is 0 Å². The van der Waals surface area contributed by atoms with Gasteiger partial charge < -0.3 is 9.80 Å². The Kier molecular flexibility index (Phi) is 3.23. The molecule has 0 N–H and O–H groups in total. The lowest BCUT2D eigenvalue weighted by Gasteiger charge is -2.46. The molecule has 1 aliphatic heterocycles. The number of benzene rings is 1. The molecule has 0 spiro atoms. The van der Waals surface area contributed by atoms with Gasteiger partial charge in [-0.1, -0.05) is 6.07 Å². The Morgan fingerprint density at radius 1 is 1.32 bits per heavy atom. The van der Waals surface area contributed by atoms with E-state index in [0.717, 1.165) is 17.8 Å². The van der Waals surface area contributed by atoms with Crippen LogP contribution in [0.4, 0.5) is 5.69 Å². The molecular weight excluding hydrogens is 238 g/mol. The van der Waals surface area contributed by atoms with Crippen LogP contribution in [0.5, 0.6) is 0 Å². The highest BCUT2D eigenvalue weighted by Gasteiger charge is 2.41. The Hall–Kier alpha value is -2.02. The molecule has 0 saturated carbocycles. The van der Waals surface area contributed by atoms with Gasteiger partial charge in [0.25, 0.3) is 0 Å². The van der Waals surface area contributed by atoms with Crippen molar-refractivity contribution in [2.45, 2.75) is 26.3 Å². The largest absolute Gasteiger partial charge is 0.355 e. The number of nitriles is 1. The summed E-state index contributed by atoms with van der Waals surface area (Å²) < 4.78 is 0. The van der Waals surface area contributed by atoms with Gasteiger partial charge in [-0.3, -0.25) is 4.79 Å². The molecule has 0 aliphatic carbocycles. The molecule has 19 heavy (non-hydrogen) atoms. The van der Waals surface area contributed by atoms with Gasteiger partial charge in [-0.25, -0.2) is 0 Å². The fraction of sp³-hybridized carbons (Fsp3) is 0.467. The zero-order valence-electron chi connectivity index (χ0n) is 11.9. The summed E-state index contributed by atoms with van der Waals surface area (Å²) in [6.45, 7) is 7.21. The maximum Gasteiger partial charge on any atom is 0.247 e. The monoisotopic (exact) mass is 257 g/mol. The molecule has 0 bridgehead atoms. The van der Waals surface area contributed by atoms with Crippen molar-refractivity contribution in [3.63, 3.8) is 0 Å². The van der Waals surface area contributed by atoms with Gasteiger partial charge in [-0.05, 0) is 38.5 Å².